The summed E-state index contributed by atoms with van der Waals surface area (Å²) in [5.74, 6) is -0.165. The molecule has 30 heavy (non-hydrogen) atoms. The SMILES string of the molecule is Cc1ccccc1NC(=O)c1c(NC(=O)CN2CCN(C)CC2)sc2c1CCCC2. The summed E-state index contributed by atoms with van der Waals surface area (Å²) in [5.41, 5.74) is 3.61. The summed E-state index contributed by atoms with van der Waals surface area (Å²) in [4.78, 5) is 31.7. The van der Waals surface area contributed by atoms with Gasteiger partial charge in [-0.25, -0.2) is 0 Å². The van der Waals surface area contributed by atoms with Crippen molar-refractivity contribution in [2.75, 3.05) is 50.4 Å². The number of piperazine rings is 1. The fourth-order valence-corrected chi connectivity index (χ4v) is 5.47. The topological polar surface area (TPSA) is 64.7 Å². The summed E-state index contributed by atoms with van der Waals surface area (Å²) in [7, 11) is 2.10. The number of carbonyl (C=O) groups excluding carboxylic acids is 2. The molecule has 7 heteroatoms. The number of likely N-dealkylation sites (N-methyl/N-ethyl adjacent to an activating group) is 1. The van der Waals surface area contributed by atoms with Crippen LogP contribution < -0.4 is 10.6 Å². The molecule has 1 saturated heterocycles. The number of para-hydroxylation sites is 1. The number of hydrogen-bond acceptors (Lipinski definition) is 5. The fourth-order valence-electron chi connectivity index (χ4n) is 4.17. The van der Waals surface area contributed by atoms with Gasteiger partial charge >= 0.3 is 0 Å². The Labute approximate surface area is 182 Å². The number of benzene rings is 1. The van der Waals surface area contributed by atoms with Crippen LogP contribution in [-0.2, 0) is 17.6 Å². The number of amides is 2. The van der Waals surface area contributed by atoms with Crippen LogP contribution >= 0.6 is 11.3 Å². The lowest BCUT2D eigenvalue weighted by atomic mass is 9.95. The zero-order valence-corrected chi connectivity index (χ0v) is 18.6. The number of fused-ring (bicyclic) bond motifs is 1. The van der Waals surface area contributed by atoms with E-state index in [-0.39, 0.29) is 11.8 Å². The van der Waals surface area contributed by atoms with Gasteiger partial charge in [-0.1, -0.05) is 18.2 Å². The molecule has 2 amide bonds. The van der Waals surface area contributed by atoms with Crippen molar-refractivity contribution in [3.63, 3.8) is 0 Å². The molecule has 2 aliphatic rings. The first-order valence-electron chi connectivity index (χ1n) is 10.7. The lowest BCUT2D eigenvalue weighted by molar-refractivity contribution is -0.117. The van der Waals surface area contributed by atoms with E-state index in [0.29, 0.717) is 17.1 Å². The van der Waals surface area contributed by atoms with Gasteiger partial charge in [-0.2, -0.15) is 0 Å². The molecule has 160 valence electrons. The molecule has 0 radical (unpaired) electrons. The molecular formula is C23H30N4O2S. The lowest BCUT2D eigenvalue weighted by Gasteiger charge is -2.31. The molecule has 0 spiro atoms. The average Bonchev–Trinajstić information content (AvgIpc) is 3.09. The van der Waals surface area contributed by atoms with Crippen LogP contribution in [0.25, 0.3) is 0 Å². The molecule has 0 atom stereocenters. The van der Waals surface area contributed by atoms with Gasteiger partial charge in [-0.3, -0.25) is 14.5 Å². The van der Waals surface area contributed by atoms with E-state index in [4.69, 9.17) is 0 Å². The number of rotatable bonds is 5. The van der Waals surface area contributed by atoms with Gasteiger partial charge in [-0.05, 0) is 56.8 Å². The third-order valence-electron chi connectivity index (χ3n) is 6.01. The van der Waals surface area contributed by atoms with Gasteiger partial charge in [-0.15, -0.1) is 11.3 Å². The average molecular weight is 427 g/mol. The molecule has 0 unspecified atom stereocenters. The monoisotopic (exact) mass is 426 g/mol. The van der Waals surface area contributed by atoms with Gasteiger partial charge in [0.1, 0.15) is 5.00 Å². The lowest BCUT2D eigenvalue weighted by Crippen LogP contribution is -2.47. The molecule has 1 aliphatic heterocycles. The Hall–Kier alpha value is -2.22. The minimum absolute atomic E-state index is 0.0388. The summed E-state index contributed by atoms with van der Waals surface area (Å²) >= 11 is 1.58. The van der Waals surface area contributed by atoms with Crippen molar-refractivity contribution in [3.8, 4) is 0 Å². The first-order chi connectivity index (χ1) is 14.5. The van der Waals surface area contributed by atoms with E-state index in [2.05, 4.69) is 27.5 Å². The maximum atomic E-state index is 13.3. The normalized spacial score (nSPS) is 17.4. The van der Waals surface area contributed by atoms with E-state index >= 15 is 0 Å². The number of hydrogen-bond donors (Lipinski definition) is 2. The fraction of sp³-hybridized carbons (Fsp3) is 0.478. The Kier molecular flexibility index (Phi) is 6.51. The number of nitrogens with one attached hydrogen (secondary N) is 2. The van der Waals surface area contributed by atoms with E-state index in [1.165, 1.54) is 4.88 Å². The van der Waals surface area contributed by atoms with Crippen LogP contribution in [0.3, 0.4) is 0 Å². The summed E-state index contributed by atoms with van der Waals surface area (Å²) in [5, 5.41) is 6.84. The second-order valence-corrected chi connectivity index (χ2v) is 9.42. The Morgan fingerprint density at radius 1 is 1.03 bits per heavy atom. The largest absolute Gasteiger partial charge is 0.322 e. The second-order valence-electron chi connectivity index (χ2n) is 8.31. The first kappa shape index (κ1) is 21.0. The van der Waals surface area contributed by atoms with Crippen LogP contribution in [0, 0.1) is 6.92 Å². The molecule has 0 bridgehead atoms. The molecular weight excluding hydrogens is 396 g/mol. The molecule has 2 aromatic rings. The molecule has 1 aromatic heterocycles. The van der Waals surface area contributed by atoms with Gasteiger partial charge in [0.2, 0.25) is 5.91 Å². The van der Waals surface area contributed by atoms with E-state index in [1.807, 2.05) is 31.2 Å². The van der Waals surface area contributed by atoms with Crippen LogP contribution in [0.5, 0.6) is 0 Å². The summed E-state index contributed by atoms with van der Waals surface area (Å²) < 4.78 is 0. The molecule has 1 aromatic carbocycles. The molecule has 4 rings (SSSR count). The molecule has 1 aliphatic carbocycles. The minimum atomic E-state index is -0.126. The standard InChI is InChI=1S/C23H30N4O2S/c1-16-7-3-5-9-18(16)24-22(29)21-17-8-4-6-10-19(17)30-23(21)25-20(28)15-27-13-11-26(2)12-14-27/h3,5,7,9H,4,6,8,10-15H2,1-2H3,(H,24,29)(H,25,28). The second kappa shape index (κ2) is 9.29. The molecule has 2 heterocycles. The zero-order valence-electron chi connectivity index (χ0n) is 17.8. The molecule has 2 N–H and O–H groups in total. The third kappa shape index (κ3) is 4.74. The minimum Gasteiger partial charge on any atom is -0.322 e. The highest BCUT2D eigenvalue weighted by Crippen LogP contribution is 2.38. The maximum absolute atomic E-state index is 13.3. The smallest absolute Gasteiger partial charge is 0.258 e. The van der Waals surface area contributed by atoms with Gasteiger partial charge in [0.15, 0.2) is 0 Å². The quantitative estimate of drug-likeness (QED) is 0.769. The van der Waals surface area contributed by atoms with E-state index in [1.54, 1.807) is 11.3 Å². The van der Waals surface area contributed by atoms with Crippen molar-refractivity contribution < 1.29 is 9.59 Å². The Bertz CT molecular complexity index is 931. The van der Waals surface area contributed by atoms with Gasteiger partial charge in [0.25, 0.3) is 5.91 Å². The maximum Gasteiger partial charge on any atom is 0.258 e. The number of anilines is 2. The van der Waals surface area contributed by atoms with E-state index in [0.717, 1.165) is 68.7 Å². The van der Waals surface area contributed by atoms with Crippen molar-refractivity contribution in [2.45, 2.75) is 32.6 Å². The van der Waals surface area contributed by atoms with Gasteiger partial charge in [0, 0.05) is 36.7 Å². The Balaban J connectivity index is 1.52. The van der Waals surface area contributed by atoms with Crippen LogP contribution in [0.15, 0.2) is 24.3 Å². The number of thiophene rings is 1. The number of carbonyl (C=O) groups is 2. The van der Waals surface area contributed by atoms with Crippen molar-refractivity contribution in [2.24, 2.45) is 0 Å². The van der Waals surface area contributed by atoms with Crippen LogP contribution in [0.2, 0.25) is 0 Å². The molecule has 1 fully saturated rings. The van der Waals surface area contributed by atoms with Crippen LogP contribution in [-0.4, -0.2) is 61.4 Å². The highest BCUT2D eigenvalue weighted by Gasteiger charge is 2.27. The van der Waals surface area contributed by atoms with Crippen molar-refractivity contribution in [1.29, 1.82) is 0 Å². The van der Waals surface area contributed by atoms with E-state index in [9.17, 15) is 9.59 Å². The van der Waals surface area contributed by atoms with E-state index < -0.39 is 0 Å². The molecule has 0 saturated carbocycles. The van der Waals surface area contributed by atoms with Crippen molar-refractivity contribution >= 4 is 33.8 Å². The van der Waals surface area contributed by atoms with Gasteiger partial charge < -0.3 is 15.5 Å². The first-order valence-corrected chi connectivity index (χ1v) is 11.5. The third-order valence-corrected chi connectivity index (χ3v) is 7.21. The number of aryl methyl sites for hydroxylation is 2. The van der Waals surface area contributed by atoms with Crippen LogP contribution in [0.1, 0.15) is 39.2 Å². The van der Waals surface area contributed by atoms with Crippen LogP contribution in [0.4, 0.5) is 10.7 Å². The molecule has 6 nitrogen and oxygen atoms in total. The predicted octanol–water partition coefficient (Wildman–Crippen LogP) is 3.37. The Morgan fingerprint density at radius 2 is 1.77 bits per heavy atom. The summed E-state index contributed by atoms with van der Waals surface area (Å²) in [6, 6.07) is 7.78. The summed E-state index contributed by atoms with van der Waals surface area (Å²) in [6.45, 7) is 6.10. The highest BCUT2D eigenvalue weighted by atomic mass is 32.1. The van der Waals surface area contributed by atoms with Gasteiger partial charge in [0.05, 0.1) is 12.1 Å². The number of nitrogens with zero attached hydrogens (tertiary/aromatic N) is 2. The highest BCUT2D eigenvalue weighted by molar-refractivity contribution is 7.17. The zero-order chi connectivity index (χ0) is 21.1. The summed E-state index contributed by atoms with van der Waals surface area (Å²) in [6.07, 6.45) is 4.11. The Morgan fingerprint density at radius 3 is 2.53 bits per heavy atom. The predicted molar refractivity (Wildman–Crippen MR) is 123 cm³/mol. The van der Waals surface area contributed by atoms with Crippen molar-refractivity contribution in [3.05, 3.63) is 45.8 Å². The van der Waals surface area contributed by atoms with Crippen molar-refractivity contribution in [1.82, 2.24) is 9.80 Å².